The first kappa shape index (κ1) is 56.4. The largest absolute Gasteiger partial charge is 0.293 e. The number of fused-ring (bicyclic) bond motifs is 6. The van der Waals surface area contributed by atoms with E-state index in [9.17, 15) is 4.79 Å². The van der Waals surface area contributed by atoms with Gasteiger partial charge in [0.15, 0.2) is 5.78 Å². The van der Waals surface area contributed by atoms with Gasteiger partial charge in [0.05, 0.1) is 5.41 Å². The van der Waals surface area contributed by atoms with E-state index in [0.717, 1.165) is 45.8 Å². The van der Waals surface area contributed by atoms with E-state index in [-0.39, 0.29) is 10.8 Å². The second-order valence-electron chi connectivity index (χ2n) is 20.9. The Kier molecular flexibility index (Phi) is 24.0. The minimum absolute atomic E-state index is 0.0900. The van der Waals surface area contributed by atoms with Crippen LogP contribution in [0.25, 0.3) is 22.3 Å². The lowest BCUT2D eigenvalue weighted by molar-refractivity contribution is 0.0854. The Balaban J connectivity index is 0.000000251. The van der Waals surface area contributed by atoms with E-state index < -0.39 is 5.41 Å². The summed E-state index contributed by atoms with van der Waals surface area (Å²) >= 11 is 15.0. The van der Waals surface area contributed by atoms with Crippen LogP contribution in [0.4, 0.5) is 0 Å². The van der Waals surface area contributed by atoms with E-state index in [0.29, 0.717) is 5.78 Å². The fourth-order valence-corrected chi connectivity index (χ4v) is 13.4. The van der Waals surface area contributed by atoms with Gasteiger partial charge in [-0.2, -0.15) is 0 Å². The van der Waals surface area contributed by atoms with Crippen molar-refractivity contribution in [3.8, 4) is 22.3 Å². The molecule has 368 valence electrons. The zero-order chi connectivity index (χ0) is 48.3. The van der Waals surface area contributed by atoms with Gasteiger partial charge in [-0.1, -0.05) is 284 Å². The molecule has 0 N–H and O–H groups in total. The number of halogens is 4. The Hall–Kier alpha value is -1.53. The zero-order valence-corrected chi connectivity index (χ0v) is 49.0. The predicted octanol–water partition coefficient (Wildman–Crippen LogP) is 22.7. The smallest absolute Gasteiger partial charge is 0.174 e. The fourth-order valence-electron chi connectivity index (χ4n) is 11.9. The number of hydrogen-bond acceptors (Lipinski definition) is 1. The first-order valence-electron chi connectivity index (χ1n) is 27.2. The number of unbranched alkanes of at least 4 members (excludes halogenated alkanes) is 20. The molecule has 67 heavy (non-hydrogen) atoms. The van der Waals surface area contributed by atoms with Crippen molar-refractivity contribution in [3.05, 3.63) is 113 Å². The number of carbonyl (C=O) groups excluding carboxylic acids is 1. The standard InChI is InChI=1S/C32H46Br2.C30H40Br2O/c1-5-7-9-11-13-15-21-32(22-16-14-12-10-8-6-2)30-24-26(34)18-20-28(30)27-19-17-25(33)23-29(27)31(32,3)4;1-3-5-7-9-11-13-19-30(20-14-12-10-8-6-4-2)28-22-24(32)16-18-26(28)25-17-15-23(31)21-27(25)29(30)33/h17-20,23-24H,5-16,21-22H2,1-4H3;15-18,21-22H,3-14,19-20H2,1-2H3. The van der Waals surface area contributed by atoms with Gasteiger partial charge in [-0.05, 0) is 113 Å². The minimum atomic E-state index is -0.400. The molecule has 0 amide bonds. The molecule has 0 radical (unpaired) electrons. The van der Waals surface area contributed by atoms with Crippen LogP contribution in [0.5, 0.6) is 0 Å². The van der Waals surface area contributed by atoms with Crippen LogP contribution in [-0.2, 0) is 16.2 Å². The summed E-state index contributed by atoms with van der Waals surface area (Å²) in [5.41, 5.74) is 10.3. The second-order valence-corrected chi connectivity index (χ2v) is 24.6. The Morgan fingerprint density at radius 1 is 0.343 bits per heavy atom. The van der Waals surface area contributed by atoms with Crippen molar-refractivity contribution in [2.45, 2.75) is 238 Å². The molecule has 0 heterocycles. The van der Waals surface area contributed by atoms with Crippen LogP contribution in [0.15, 0.2) is 90.7 Å². The second kappa shape index (κ2) is 28.5. The predicted molar refractivity (Wildman–Crippen MR) is 307 cm³/mol. The molecular formula is C62H86Br4O. The van der Waals surface area contributed by atoms with Crippen molar-refractivity contribution < 1.29 is 4.79 Å². The molecule has 4 aromatic rings. The maximum absolute atomic E-state index is 14.3. The molecule has 0 fully saturated rings. The van der Waals surface area contributed by atoms with E-state index in [4.69, 9.17) is 0 Å². The van der Waals surface area contributed by atoms with E-state index in [2.05, 4.69) is 178 Å². The topological polar surface area (TPSA) is 17.1 Å². The first-order valence-corrected chi connectivity index (χ1v) is 30.3. The summed E-state index contributed by atoms with van der Waals surface area (Å²) in [6.45, 7) is 14.2. The van der Waals surface area contributed by atoms with Gasteiger partial charge in [-0.25, -0.2) is 0 Å². The average Bonchev–Trinajstić information content (AvgIpc) is 3.31. The molecular weight excluding hydrogens is 1080 g/mol. The summed E-state index contributed by atoms with van der Waals surface area (Å²) in [4.78, 5) is 14.3. The maximum Gasteiger partial charge on any atom is 0.174 e. The van der Waals surface area contributed by atoms with E-state index in [1.54, 1.807) is 5.56 Å². The van der Waals surface area contributed by atoms with Crippen molar-refractivity contribution in [2.75, 3.05) is 0 Å². The van der Waals surface area contributed by atoms with Crippen LogP contribution in [0.2, 0.25) is 0 Å². The molecule has 0 atom stereocenters. The van der Waals surface area contributed by atoms with Gasteiger partial charge in [0.25, 0.3) is 0 Å². The van der Waals surface area contributed by atoms with Crippen molar-refractivity contribution in [1.82, 2.24) is 0 Å². The maximum atomic E-state index is 14.3. The van der Waals surface area contributed by atoms with E-state index >= 15 is 0 Å². The first-order chi connectivity index (χ1) is 32.4. The highest BCUT2D eigenvalue weighted by molar-refractivity contribution is 9.11. The van der Waals surface area contributed by atoms with E-state index in [1.165, 1.54) is 191 Å². The molecule has 5 heteroatoms. The third kappa shape index (κ3) is 14.6. The quantitative estimate of drug-likeness (QED) is 0.0518. The number of benzene rings is 4. The summed E-state index contributed by atoms with van der Waals surface area (Å²) < 4.78 is 4.49. The summed E-state index contributed by atoms with van der Waals surface area (Å²) in [6, 6.07) is 26.9. The SMILES string of the molecule is CCCCCCCCC1(CCCCCCCC)C(=O)c2cc(Br)ccc2-c2ccc(Br)cc21.CCCCCCCCC1(CCCCCCCC)c2cc(Br)ccc2-c2ccc(Br)cc2C1(C)C. The van der Waals surface area contributed by atoms with E-state index in [1.807, 2.05) is 0 Å². The summed E-state index contributed by atoms with van der Waals surface area (Å²) in [7, 11) is 0. The number of Topliss-reactive ketones (excluding diaryl/α,β-unsaturated/α-hetero) is 1. The van der Waals surface area contributed by atoms with Gasteiger partial charge < -0.3 is 0 Å². The van der Waals surface area contributed by atoms with Crippen LogP contribution >= 0.6 is 63.7 Å². The van der Waals surface area contributed by atoms with Crippen molar-refractivity contribution in [1.29, 1.82) is 0 Å². The monoisotopic (exact) mass is 1160 g/mol. The van der Waals surface area contributed by atoms with Crippen LogP contribution < -0.4 is 0 Å². The van der Waals surface area contributed by atoms with Gasteiger partial charge in [-0.15, -0.1) is 0 Å². The normalized spacial score (nSPS) is 15.0. The molecule has 0 unspecified atom stereocenters. The summed E-state index contributed by atoms with van der Waals surface area (Å²) in [5.74, 6) is 0.339. The summed E-state index contributed by atoms with van der Waals surface area (Å²) in [5, 5.41) is 0. The molecule has 0 aromatic heterocycles. The molecule has 0 bridgehead atoms. The molecule has 0 spiro atoms. The third-order valence-corrected chi connectivity index (χ3v) is 17.9. The highest BCUT2D eigenvalue weighted by atomic mass is 79.9. The fraction of sp³-hybridized carbons (Fsp3) is 0.597. The molecule has 0 saturated heterocycles. The average molecular weight is 1170 g/mol. The highest BCUT2D eigenvalue weighted by Gasteiger charge is 2.51. The lowest BCUT2D eigenvalue weighted by Gasteiger charge is -2.53. The van der Waals surface area contributed by atoms with Crippen LogP contribution in [-0.4, -0.2) is 5.78 Å². The Bertz CT molecular complexity index is 2100. The molecule has 4 aromatic carbocycles. The third-order valence-electron chi connectivity index (χ3n) is 15.9. The van der Waals surface area contributed by atoms with Crippen molar-refractivity contribution >= 4 is 69.5 Å². The minimum Gasteiger partial charge on any atom is -0.293 e. The molecule has 2 aliphatic carbocycles. The number of ketones is 1. The molecule has 1 nitrogen and oxygen atoms in total. The summed E-state index contributed by atoms with van der Waals surface area (Å²) in [6.07, 6.45) is 35.9. The van der Waals surface area contributed by atoms with Gasteiger partial charge >= 0.3 is 0 Å². The number of carbonyl (C=O) groups is 1. The van der Waals surface area contributed by atoms with Gasteiger partial charge in [-0.3, -0.25) is 4.79 Å². The van der Waals surface area contributed by atoms with Gasteiger partial charge in [0.1, 0.15) is 0 Å². The highest BCUT2D eigenvalue weighted by Crippen LogP contribution is 2.59. The lowest BCUT2D eigenvalue weighted by Crippen LogP contribution is -2.48. The molecule has 0 saturated carbocycles. The molecule has 0 aliphatic heterocycles. The van der Waals surface area contributed by atoms with Crippen LogP contribution in [0, 0.1) is 0 Å². The van der Waals surface area contributed by atoms with Crippen molar-refractivity contribution in [3.63, 3.8) is 0 Å². The zero-order valence-electron chi connectivity index (χ0n) is 42.6. The van der Waals surface area contributed by atoms with Gasteiger partial charge in [0.2, 0.25) is 0 Å². The number of rotatable bonds is 28. The van der Waals surface area contributed by atoms with Crippen molar-refractivity contribution in [2.24, 2.45) is 0 Å². The lowest BCUT2D eigenvalue weighted by atomic mass is 9.50. The van der Waals surface area contributed by atoms with Crippen LogP contribution in [0.3, 0.4) is 0 Å². The number of hydrogen-bond donors (Lipinski definition) is 0. The Labute approximate surface area is 443 Å². The molecule has 2 aliphatic rings. The Morgan fingerprint density at radius 3 is 1.09 bits per heavy atom. The molecule has 6 rings (SSSR count). The van der Waals surface area contributed by atoms with Gasteiger partial charge in [0, 0.05) is 34.3 Å². The Morgan fingerprint density at radius 2 is 0.657 bits per heavy atom. The van der Waals surface area contributed by atoms with Crippen LogP contribution in [0.1, 0.15) is 248 Å².